The molecule has 2 nitrogen and oxygen atoms in total. The number of hydrogen-bond acceptors (Lipinski definition) is 2. The fourth-order valence-electron chi connectivity index (χ4n) is 3.10. The van der Waals surface area contributed by atoms with E-state index in [2.05, 4.69) is 50.4 Å². The number of methoxy groups -OCH3 is 1. The summed E-state index contributed by atoms with van der Waals surface area (Å²) in [6.45, 7) is 7.64. The van der Waals surface area contributed by atoms with Crippen molar-refractivity contribution in [2.24, 2.45) is 0 Å². The van der Waals surface area contributed by atoms with E-state index in [0.717, 1.165) is 25.3 Å². The van der Waals surface area contributed by atoms with Crippen molar-refractivity contribution in [3.05, 3.63) is 35.4 Å². The summed E-state index contributed by atoms with van der Waals surface area (Å²) < 4.78 is 5.67. The molecule has 2 rings (SSSR count). The molecule has 1 fully saturated rings. The van der Waals surface area contributed by atoms with Crippen LogP contribution in [0.3, 0.4) is 0 Å². The molecule has 21 heavy (non-hydrogen) atoms. The molecule has 1 N–H and O–H groups in total. The molecule has 0 aliphatic heterocycles. The maximum Gasteiger partial charge on any atom is 0.0640 e. The van der Waals surface area contributed by atoms with Crippen LogP contribution in [-0.2, 0) is 4.74 Å². The highest BCUT2D eigenvalue weighted by atomic mass is 16.5. The third-order valence-electron chi connectivity index (χ3n) is 4.81. The van der Waals surface area contributed by atoms with Crippen molar-refractivity contribution < 1.29 is 4.74 Å². The lowest BCUT2D eigenvalue weighted by molar-refractivity contribution is 0.00673. The van der Waals surface area contributed by atoms with Gasteiger partial charge in [-0.2, -0.15) is 0 Å². The van der Waals surface area contributed by atoms with Crippen LogP contribution < -0.4 is 5.32 Å². The van der Waals surface area contributed by atoms with Gasteiger partial charge in [0, 0.05) is 13.2 Å². The number of nitrogens with one attached hydrogen (secondary N) is 1. The molecule has 0 spiro atoms. The molecule has 118 valence electrons. The van der Waals surface area contributed by atoms with Crippen molar-refractivity contribution >= 4 is 0 Å². The predicted octanol–water partition coefficient (Wildman–Crippen LogP) is 4.81. The van der Waals surface area contributed by atoms with E-state index in [-0.39, 0.29) is 5.60 Å². The Bertz CT molecular complexity index is 437. The topological polar surface area (TPSA) is 21.3 Å². The minimum absolute atomic E-state index is 0.0991. The highest BCUT2D eigenvalue weighted by molar-refractivity contribution is 5.34. The highest BCUT2D eigenvalue weighted by Crippen LogP contribution is 2.40. The minimum Gasteiger partial charge on any atom is -0.379 e. The lowest BCUT2D eigenvalue weighted by Gasteiger charge is -2.34. The van der Waals surface area contributed by atoms with Crippen LogP contribution in [0.2, 0.25) is 0 Å². The van der Waals surface area contributed by atoms with Gasteiger partial charge in [0.25, 0.3) is 0 Å². The molecule has 0 saturated heterocycles. The average Bonchev–Trinajstić information content (AvgIpc) is 2.42. The SMILES string of the molecule is CCCNC(CC(C)(C)OC)c1ccccc1C1CCC1. The van der Waals surface area contributed by atoms with Crippen LogP contribution >= 0.6 is 0 Å². The van der Waals surface area contributed by atoms with Crippen molar-refractivity contribution in [3.63, 3.8) is 0 Å². The van der Waals surface area contributed by atoms with E-state index in [4.69, 9.17) is 4.74 Å². The van der Waals surface area contributed by atoms with Crippen LogP contribution in [0.4, 0.5) is 0 Å². The summed E-state index contributed by atoms with van der Waals surface area (Å²) in [7, 11) is 1.81. The van der Waals surface area contributed by atoms with E-state index in [1.165, 1.54) is 24.8 Å². The second-order valence-corrected chi connectivity index (χ2v) is 6.93. The van der Waals surface area contributed by atoms with Gasteiger partial charge in [0.1, 0.15) is 0 Å². The molecule has 0 heterocycles. The fraction of sp³-hybridized carbons (Fsp3) is 0.684. The van der Waals surface area contributed by atoms with Crippen LogP contribution in [0.15, 0.2) is 24.3 Å². The monoisotopic (exact) mass is 289 g/mol. The van der Waals surface area contributed by atoms with Gasteiger partial charge < -0.3 is 10.1 Å². The molecule has 0 amide bonds. The molecule has 1 aromatic rings. The third-order valence-corrected chi connectivity index (χ3v) is 4.81. The second kappa shape index (κ2) is 7.42. The zero-order valence-corrected chi connectivity index (χ0v) is 14.1. The van der Waals surface area contributed by atoms with Gasteiger partial charge in [-0.25, -0.2) is 0 Å². The predicted molar refractivity (Wildman–Crippen MR) is 89.8 cm³/mol. The number of ether oxygens (including phenoxy) is 1. The molecule has 1 unspecified atom stereocenters. The van der Waals surface area contributed by atoms with E-state index in [1.54, 1.807) is 5.56 Å². The Morgan fingerprint density at radius 3 is 2.57 bits per heavy atom. The number of rotatable bonds is 8. The molecule has 2 heteroatoms. The Morgan fingerprint density at radius 1 is 1.29 bits per heavy atom. The first kappa shape index (κ1) is 16.5. The molecule has 0 bridgehead atoms. The van der Waals surface area contributed by atoms with Crippen molar-refractivity contribution in [1.82, 2.24) is 5.32 Å². The van der Waals surface area contributed by atoms with E-state index >= 15 is 0 Å². The number of benzene rings is 1. The minimum atomic E-state index is -0.0991. The van der Waals surface area contributed by atoms with Gasteiger partial charge in [-0.1, -0.05) is 37.6 Å². The molecule has 1 atom stereocenters. The van der Waals surface area contributed by atoms with Crippen LogP contribution in [0.25, 0.3) is 0 Å². The Kier molecular flexibility index (Phi) is 5.83. The van der Waals surface area contributed by atoms with Crippen molar-refractivity contribution in [1.29, 1.82) is 0 Å². The van der Waals surface area contributed by atoms with Crippen molar-refractivity contribution in [2.45, 2.75) is 70.4 Å². The summed E-state index contributed by atoms with van der Waals surface area (Å²) in [5.41, 5.74) is 2.95. The molecule has 0 aromatic heterocycles. The first-order valence-corrected chi connectivity index (χ1v) is 8.44. The first-order chi connectivity index (χ1) is 10.1. The molecule has 1 saturated carbocycles. The third kappa shape index (κ3) is 4.31. The van der Waals surface area contributed by atoms with Gasteiger partial charge in [-0.05, 0) is 63.1 Å². The summed E-state index contributed by atoms with van der Waals surface area (Å²) >= 11 is 0. The Labute approximate surface area is 130 Å². The van der Waals surface area contributed by atoms with Crippen LogP contribution in [-0.4, -0.2) is 19.3 Å². The molecular formula is C19H31NO. The van der Waals surface area contributed by atoms with E-state index in [1.807, 2.05) is 7.11 Å². The maximum atomic E-state index is 5.67. The van der Waals surface area contributed by atoms with Crippen molar-refractivity contribution in [3.8, 4) is 0 Å². The Hall–Kier alpha value is -0.860. The summed E-state index contributed by atoms with van der Waals surface area (Å²) in [6, 6.07) is 9.40. The number of hydrogen-bond donors (Lipinski definition) is 1. The van der Waals surface area contributed by atoms with E-state index in [9.17, 15) is 0 Å². The lowest BCUT2D eigenvalue weighted by atomic mass is 9.76. The van der Waals surface area contributed by atoms with Crippen LogP contribution in [0, 0.1) is 0 Å². The first-order valence-electron chi connectivity index (χ1n) is 8.44. The van der Waals surface area contributed by atoms with E-state index in [0.29, 0.717) is 6.04 Å². The molecule has 1 aliphatic rings. The van der Waals surface area contributed by atoms with E-state index < -0.39 is 0 Å². The summed E-state index contributed by atoms with van der Waals surface area (Å²) in [6.07, 6.45) is 6.26. The molecule has 0 radical (unpaired) electrons. The second-order valence-electron chi connectivity index (χ2n) is 6.93. The summed E-state index contributed by atoms with van der Waals surface area (Å²) in [4.78, 5) is 0. The summed E-state index contributed by atoms with van der Waals surface area (Å²) in [5, 5.41) is 3.74. The van der Waals surface area contributed by atoms with Crippen LogP contribution in [0.1, 0.15) is 76.0 Å². The van der Waals surface area contributed by atoms with Crippen LogP contribution in [0.5, 0.6) is 0 Å². The van der Waals surface area contributed by atoms with Gasteiger partial charge in [0.2, 0.25) is 0 Å². The molecular weight excluding hydrogens is 258 g/mol. The largest absolute Gasteiger partial charge is 0.379 e. The molecule has 1 aliphatic carbocycles. The zero-order valence-electron chi connectivity index (χ0n) is 14.1. The van der Waals surface area contributed by atoms with Gasteiger partial charge in [0.15, 0.2) is 0 Å². The maximum absolute atomic E-state index is 5.67. The van der Waals surface area contributed by atoms with Gasteiger partial charge in [0.05, 0.1) is 5.60 Å². The average molecular weight is 289 g/mol. The fourth-order valence-corrected chi connectivity index (χ4v) is 3.10. The molecule has 1 aromatic carbocycles. The lowest BCUT2D eigenvalue weighted by Crippen LogP contribution is -2.33. The highest BCUT2D eigenvalue weighted by Gasteiger charge is 2.28. The zero-order chi connectivity index (χ0) is 15.3. The smallest absolute Gasteiger partial charge is 0.0640 e. The van der Waals surface area contributed by atoms with Gasteiger partial charge in [-0.3, -0.25) is 0 Å². The standard InChI is InChI=1S/C19H31NO/c1-5-13-20-18(14-19(2,3)21-4)17-12-7-6-11-16(17)15-9-8-10-15/h6-7,11-12,15,18,20H,5,8-10,13-14H2,1-4H3. The Balaban J connectivity index is 2.22. The normalized spacial score (nSPS) is 17.5. The van der Waals surface area contributed by atoms with Gasteiger partial charge in [-0.15, -0.1) is 0 Å². The van der Waals surface area contributed by atoms with Gasteiger partial charge >= 0.3 is 0 Å². The Morgan fingerprint density at radius 2 is 2.00 bits per heavy atom. The summed E-state index contributed by atoms with van der Waals surface area (Å²) in [5.74, 6) is 0.776. The quantitative estimate of drug-likeness (QED) is 0.741. The van der Waals surface area contributed by atoms with Crippen molar-refractivity contribution in [2.75, 3.05) is 13.7 Å².